The third kappa shape index (κ3) is 1.62. The summed E-state index contributed by atoms with van der Waals surface area (Å²) < 4.78 is 5.18. The molecule has 1 aromatic heterocycles. The molecule has 1 aliphatic heterocycles. The average Bonchev–Trinajstić information content (AvgIpc) is 2.72. The van der Waals surface area contributed by atoms with E-state index in [9.17, 15) is 9.59 Å². The van der Waals surface area contributed by atoms with Gasteiger partial charge in [0.25, 0.3) is 0 Å². The number of carbonyl (C=O) groups excluding carboxylic acids is 2. The molecule has 6 nitrogen and oxygen atoms in total. The number of rotatable bonds is 1. The maximum atomic E-state index is 11.7. The van der Waals surface area contributed by atoms with E-state index in [0.717, 1.165) is 10.9 Å². The molecule has 0 spiro atoms. The molecule has 2 heterocycles. The third-order valence-electron chi connectivity index (χ3n) is 2.92. The third-order valence-corrected chi connectivity index (χ3v) is 2.92. The first-order valence-electron chi connectivity index (χ1n) is 5.62. The lowest BCUT2D eigenvalue weighted by atomic mass is 10.1. The highest BCUT2D eigenvalue weighted by molar-refractivity contribution is 6.08. The maximum absolute atomic E-state index is 11.7. The van der Waals surface area contributed by atoms with Crippen LogP contribution in [0.25, 0.3) is 11.0 Å². The Hall–Kier alpha value is -2.37. The lowest BCUT2D eigenvalue weighted by Crippen LogP contribution is -2.49. The van der Waals surface area contributed by atoms with Crippen LogP contribution in [0, 0.1) is 6.92 Å². The van der Waals surface area contributed by atoms with Gasteiger partial charge in [-0.3, -0.25) is 15.0 Å². The quantitative estimate of drug-likeness (QED) is 0.827. The minimum absolute atomic E-state index is 0.264. The fourth-order valence-electron chi connectivity index (χ4n) is 2.00. The second kappa shape index (κ2) is 3.83. The van der Waals surface area contributed by atoms with Gasteiger partial charge in [-0.25, -0.2) is 4.79 Å². The Balaban J connectivity index is 2.06. The van der Waals surface area contributed by atoms with Crippen molar-refractivity contribution in [2.45, 2.75) is 13.3 Å². The molecule has 0 aliphatic carbocycles. The Morgan fingerprint density at radius 2 is 2.22 bits per heavy atom. The topological polar surface area (TPSA) is 75.4 Å². The van der Waals surface area contributed by atoms with E-state index >= 15 is 0 Å². The number of amides is 3. The number of urea groups is 1. The van der Waals surface area contributed by atoms with Crippen LogP contribution in [0.4, 0.5) is 10.6 Å². The van der Waals surface area contributed by atoms with Gasteiger partial charge in [-0.2, -0.15) is 0 Å². The monoisotopic (exact) mass is 245 g/mol. The summed E-state index contributed by atoms with van der Waals surface area (Å²) in [7, 11) is 0. The van der Waals surface area contributed by atoms with Crippen LogP contribution in [-0.4, -0.2) is 23.6 Å². The minimum atomic E-state index is -0.456. The molecule has 18 heavy (non-hydrogen) atoms. The SMILES string of the molecule is Cc1ccc2onc(N3CCC(=O)NC3=O)c2c1. The summed E-state index contributed by atoms with van der Waals surface area (Å²) in [6, 6.07) is 5.18. The molecule has 1 saturated heterocycles. The second-order valence-corrected chi connectivity index (χ2v) is 4.26. The summed E-state index contributed by atoms with van der Waals surface area (Å²) in [6.45, 7) is 2.27. The first kappa shape index (κ1) is 10.8. The van der Waals surface area contributed by atoms with Crippen molar-refractivity contribution in [2.75, 3.05) is 11.4 Å². The molecule has 92 valence electrons. The molecule has 0 bridgehead atoms. The first-order chi connectivity index (χ1) is 8.65. The van der Waals surface area contributed by atoms with Gasteiger partial charge in [0.15, 0.2) is 11.4 Å². The Morgan fingerprint density at radius 1 is 1.39 bits per heavy atom. The number of imide groups is 1. The van der Waals surface area contributed by atoms with Crippen LogP contribution >= 0.6 is 0 Å². The van der Waals surface area contributed by atoms with E-state index in [1.54, 1.807) is 0 Å². The van der Waals surface area contributed by atoms with Crippen LogP contribution in [0.15, 0.2) is 22.7 Å². The smallest absolute Gasteiger partial charge is 0.329 e. The highest BCUT2D eigenvalue weighted by atomic mass is 16.5. The first-order valence-corrected chi connectivity index (χ1v) is 5.62. The summed E-state index contributed by atoms with van der Waals surface area (Å²) in [4.78, 5) is 24.3. The number of nitrogens with one attached hydrogen (secondary N) is 1. The fraction of sp³-hybridized carbons (Fsp3) is 0.250. The minimum Gasteiger partial charge on any atom is -0.354 e. The van der Waals surface area contributed by atoms with E-state index in [1.807, 2.05) is 25.1 Å². The lowest BCUT2D eigenvalue weighted by molar-refractivity contribution is -0.120. The molecule has 0 saturated carbocycles. The summed E-state index contributed by atoms with van der Waals surface area (Å²) >= 11 is 0. The van der Waals surface area contributed by atoms with Crippen LogP contribution in [0.2, 0.25) is 0 Å². The van der Waals surface area contributed by atoms with Crippen LogP contribution < -0.4 is 10.2 Å². The second-order valence-electron chi connectivity index (χ2n) is 4.26. The van der Waals surface area contributed by atoms with E-state index in [4.69, 9.17) is 4.52 Å². The van der Waals surface area contributed by atoms with Crippen molar-refractivity contribution < 1.29 is 14.1 Å². The summed E-state index contributed by atoms with van der Waals surface area (Å²) in [5, 5.41) is 6.95. The van der Waals surface area contributed by atoms with Gasteiger partial charge >= 0.3 is 6.03 Å². The summed E-state index contributed by atoms with van der Waals surface area (Å²) in [6.07, 6.45) is 0.270. The van der Waals surface area contributed by atoms with Crippen LogP contribution in [0.1, 0.15) is 12.0 Å². The number of carbonyl (C=O) groups is 2. The number of aryl methyl sites for hydroxylation is 1. The largest absolute Gasteiger partial charge is 0.354 e. The van der Waals surface area contributed by atoms with Crippen molar-refractivity contribution in [3.8, 4) is 0 Å². The molecule has 0 atom stereocenters. The zero-order valence-corrected chi connectivity index (χ0v) is 9.77. The lowest BCUT2D eigenvalue weighted by Gasteiger charge is -2.24. The van der Waals surface area contributed by atoms with Gasteiger partial charge < -0.3 is 4.52 Å². The molecular weight excluding hydrogens is 234 g/mol. The fourth-order valence-corrected chi connectivity index (χ4v) is 2.00. The van der Waals surface area contributed by atoms with Gasteiger partial charge in [-0.15, -0.1) is 0 Å². The molecule has 1 N–H and O–H groups in total. The molecular formula is C12H11N3O3. The number of hydrogen-bond donors (Lipinski definition) is 1. The predicted molar refractivity (Wildman–Crippen MR) is 64.2 cm³/mol. The summed E-state index contributed by atoms with van der Waals surface area (Å²) in [5.41, 5.74) is 1.68. The van der Waals surface area contributed by atoms with Crippen LogP contribution in [0.3, 0.4) is 0 Å². The van der Waals surface area contributed by atoms with Gasteiger partial charge in [0.2, 0.25) is 5.91 Å². The van der Waals surface area contributed by atoms with Crippen molar-refractivity contribution in [2.24, 2.45) is 0 Å². The Morgan fingerprint density at radius 3 is 3.00 bits per heavy atom. The van der Waals surface area contributed by atoms with Crippen LogP contribution in [0.5, 0.6) is 0 Å². The van der Waals surface area contributed by atoms with E-state index in [-0.39, 0.29) is 12.3 Å². The van der Waals surface area contributed by atoms with E-state index in [1.165, 1.54) is 4.90 Å². The molecule has 1 fully saturated rings. The molecule has 1 aromatic carbocycles. The van der Waals surface area contributed by atoms with Crippen molar-refractivity contribution in [3.63, 3.8) is 0 Å². The molecule has 6 heteroatoms. The summed E-state index contributed by atoms with van der Waals surface area (Å²) in [5.74, 6) is 0.193. The normalized spacial score (nSPS) is 16.2. The standard InChI is InChI=1S/C12H11N3O3/c1-7-2-3-9-8(6-7)11(14-18-9)15-5-4-10(16)13-12(15)17/h2-3,6H,4-5H2,1H3,(H,13,16,17). The van der Waals surface area contributed by atoms with Gasteiger partial charge in [-0.05, 0) is 19.1 Å². The number of anilines is 1. The zero-order valence-electron chi connectivity index (χ0n) is 9.77. The molecule has 1 aliphatic rings. The number of aromatic nitrogens is 1. The van der Waals surface area contributed by atoms with Crippen LogP contribution in [-0.2, 0) is 4.79 Å². The van der Waals surface area contributed by atoms with Crippen molar-refractivity contribution in [3.05, 3.63) is 23.8 Å². The molecule has 3 amide bonds. The van der Waals surface area contributed by atoms with Crippen molar-refractivity contribution in [1.82, 2.24) is 10.5 Å². The Kier molecular flexibility index (Phi) is 2.29. The zero-order chi connectivity index (χ0) is 12.7. The number of benzene rings is 1. The molecule has 0 radical (unpaired) electrons. The van der Waals surface area contributed by atoms with Crippen molar-refractivity contribution >= 4 is 28.7 Å². The Labute approximate surface area is 103 Å². The number of fused-ring (bicyclic) bond motifs is 1. The molecule has 2 aromatic rings. The van der Waals surface area contributed by atoms with Gasteiger partial charge in [-0.1, -0.05) is 16.8 Å². The van der Waals surface area contributed by atoms with Crippen molar-refractivity contribution in [1.29, 1.82) is 0 Å². The number of nitrogens with zero attached hydrogens (tertiary/aromatic N) is 2. The van der Waals surface area contributed by atoms with Gasteiger partial charge in [0, 0.05) is 13.0 Å². The maximum Gasteiger partial charge on any atom is 0.329 e. The highest BCUT2D eigenvalue weighted by Gasteiger charge is 2.27. The van der Waals surface area contributed by atoms with E-state index < -0.39 is 6.03 Å². The van der Waals surface area contributed by atoms with Gasteiger partial charge in [0.05, 0.1) is 5.39 Å². The van der Waals surface area contributed by atoms with E-state index in [2.05, 4.69) is 10.5 Å². The molecule has 3 rings (SSSR count). The van der Waals surface area contributed by atoms with Gasteiger partial charge in [0.1, 0.15) is 0 Å². The molecule has 0 unspecified atom stereocenters. The average molecular weight is 245 g/mol. The Bertz CT molecular complexity index is 647. The van der Waals surface area contributed by atoms with E-state index in [0.29, 0.717) is 17.9 Å². The predicted octanol–water partition coefficient (Wildman–Crippen LogP) is 1.58. The highest BCUT2D eigenvalue weighted by Crippen LogP contribution is 2.27. The number of hydrogen-bond acceptors (Lipinski definition) is 4.